The van der Waals surface area contributed by atoms with Gasteiger partial charge < -0.3 is 10.4 Å². The van der Waals surface area contributed by atoms with Crippen molar-refractivity contribution in [2.45, 2.75) is 51.4 Å². The molecule has 140 valence electrons. The Balaban J connectivity index is 1.79. The predicted molar refractivity (Wildman–Crippen MR) is 89.6 cm³/mol. The molecular weight excluding hydrogens is 347 g/mol. The summed E-state index contributed by atoms with van der Waals surface area (Å²) in [7, 11) is 0. The number of halogens is 3. The molecule has 1 amide bonds. The summed E-state index contributed by atoms with van der Waals surface area (Å²) in [4.78, 5) is 12.3. The molecule has 8 heteroatoms. The quantitative estimate of drug-likeness (QED) is 0.870. The molecule has 26 heavy (non-hydrogen) atoms. The van der Waals surface area contributed by atoms with Crippen molar-refractivity contribution in [1.29, 1.82) is 0 Å². The first-order chi connectivity index (χ1) is 12.3. The lowest BCUT2D eigenvalue weighted by atomic mass is 9.95. The van der Waals surface area contributed by atoms with Crippen LogP contribution in [-0.2, 0) is 30.4 Å². The Morgan fingerprint density at radius 3 is 2.77 bits per heavy atom. The van der Waals surface area contributed by atoms with Crippen molar-refractivity contribution < 1.29 is 23.1 Å². The van der Waals surface area contributed by atoms with E-state index in [0.717, 1.165) is 6.42 Å². The third kappa shape index (κ3) is 3.90. The summed E-state index contributed by atoms with van der Waals surface area (Å²) in [6.45, 7) is 1.33. The predicted octanol–water partition coefficient (Wildman–Crippen LogP) is 3.47. The summed E-state index contributed by atoms with van der Waals surface area (Å²) >= 11 is 0. The van der Waals surface area contributed by atoms with Gasteiger partial charge in [-0.3, -0.25) is 9.48 Å². The van der Waals surface area contributed by atoms with Crippen molar-refractivity contribution in [2.24, 2.45) is 0 Å². The molecule has 0 fully saturated rings. The van der Waals surface area contributed by atoms with Crippen molar-refractivity contribution in [3.63, 3.8) is 0 Å². The molecule has 0 saturated carbocycles. The SMILES string of the molecule is CC(O)c1cccc(NC(=O)Cn2nc(C(F)(F)F)c3c2CCCC3)c1. The molecule has 1 aromatic heterocycles. The minimum atomic E-state index is -4.52. The number of carbonyl (C=O) groups is 1. The van der Waals surface area contributed by atoms with Crippen molar-refractivity contribution in [3.05, 3.63) is 46.8 Å². The van der Waals surface area contributed by atoms with Gasteiger partial charge in [0.25, 0.3) is 0 Å². The number of nitrogens with zero attached hydrogens (tertiary/aromatic N) is 2. The van der Waals surface area contributed by atoms with E-state index in [4.69, 9.17) is 0 Å². The Hall–Kier alpha value is -2.35. The number of aromatic nitrogens is 2. The van der Waals surface area contributed by atoms with E-state index >= 15 is 0 Å². The number of hydrogen-bond acceptors (Lipinski definition) is 3. The van der Waals surface area contributed by atoms with Crippen molar-refractivity contribution in [1.82, 2.24) is 9.78 Å². The maximum absolute atomic E-state index is 13.2. The highest BCUT2D eigenvalue weighted by molar-refractivity contribution is 5.90. The van der Waals surface area contributed by atoms with Crippen molar-refractivity contribution >= 4 is 11.6 Å². The molecule has 1 atom stereocenters. The lowest BCUT2D eigenvalue weighted by molar-refractivity contribution is -0.142. The molecule has 0 radical (unpaired) electrons. The summed E-state index contributed by atoms with van der Waals surface area (Å²) in [5.41, 5.74) is 0.948. The number of amides is 1. The Morgan fingerprint density at radius 2 is 2.08 bits per heavy atom. The summed E-state index contributed by atoms with van der Waals surface area (Å²) < 4.78 is 40.8. The Bertz CT molecular complexity index is 812. The monoisotopic (exact) mass is 367 g/mol. The molecule has 1 aliphatic carbocycles. The van der Waals surface area contributed by atoms with Crippen LogP contribution in [0.3, 0.4) is 0 Å². The highest BCUT2D eigenvalue weighted by atomic mass is 19.4. The van der Waals surface area contributed by atoms with Gasteiger partial charge in [-0.1, -0.05) is 12.1 Å². The average molecular weight is 367 g/mol. The number of carbonyl (C=O) groups excluding carboxylic acids is 1. The standard InChI is InChI=1S/C18H20F3N3O2/c1-11(25)12-5-4-6-13(9-12)22-16(26)10-24-15-8-3-2-7-14(15)17(23-24)18(19,20)21/h4-6,9,11,25H,2-3,7-8,10H2,1H3,(H,22,26). The molecule has 0 aliphatic heterocycles. The van der Waals surface area contributed by atoms with Gasteiger partial charge in [-0.05, 0) is 50.3 Å². The Kier molecular flexibility index (Phi) is 5.04. The summed E-state index contributed by atoms with van der Waals surface area (Å²) in [5.74, 6) is -0.461. The molecule has 1 heterocycles. The molecule has 0 saturated heterocycles. The number of fused-ring (bicyclic) bond motifs is 1. The van der Waals surface area contributed by atoms with Crippen molar-refractivity contribution in [3.8, 4) is 0 Å². The molecule has 5 nitrogen and oxygen atoms in total. The summed E-state index contributed by atoms with van der Waals surface area (Å²) in [6.07, 6.45) is -2.90. The number of alkyl halides is 3. The van der Waals surface area contributed by atoms with Crippen LogP contribution in [0.15, 0.2) is 24.3 Å². The van der Waals surface area contributed by atoms with Crippen LogP contribution < -0.4 is 5.32 Å². The lowest BCUT2D eigenvalue weighted by Crippen LogP contribution is -2.22. The fourth-order valence-corrected chi connectivity index (χ4v) is 3.24. The molecule has 2 aromatic rings. The van der Waals surface area contributed by atoms with E-state index in [1.165, 1.54) is 4.68 Å². The molecule has 0 spiro atoms. The number of anilines is 1. The fourth-order valence-electron chi connectivity index (χ4n) is 3.24. The largest absolute Gasteiger partial charge is 0.435 e. The molecule has 1 unspecified atom stereocenters. The van der Waals surface area contributed by atoms with Crippen molar-refractivity contribution in [2.75, 3.05) is 5.32 Å². The molecule has 2 N–H and O–H groups in total. The number of hydrogen-bond donors (Lipinski definition) is 2. The first kappa shape index (κ1) is 18.4. The van der Waals surface area contributed by atoms with E-state index in [1.807, 2.05) is 0 Å². The highest BCUT2D eigenvalue weighted by Crippen LogP contribution is 2.35. The fraction of sp³-hybridized carbons (Fsp3) is 0.444. The minimum absolute atomic E-state index is 0.215. The Morgan fingerprint density at radius 1 is 1.35 bits per heavy atom. The normalized spacial score (nSPS) is 15.4. The molecule has 3 rings (SSSR count). The molecule has 0 bridgehead atoms. The van der Waals surface area contributed by atoms with Gasteiger partial charge in [-0.25, -0.2) is 0 Å². The molecular formula is C18H20F3N3O2. The number of aliphatic hydroxyl groups is 1. The second-order valence-electron chi connectivity index (χ2n) is 6.49. The van der Waals surface area contributed by atoms with E-state index < -0.39 is 23.9 Å². The van der Waals surface area contributed by atoms with Gasteiger partial charge in [-0.2, -0.15) is 18.3 Å². The minimum Gasteiger partial charge on any atom is -0.389 e. The van der Waals surface area contributed by atoms with Crippen LogP contribution in [-0.4, -0.2) is 20.8 Å². The third-order valence-electron chi connectivity index (χ3n) is 4.47. The van der Waals surface area contributed by atoms with Crippen LogP contribution >= 0.6 is 0 Å². The van der Waals surface area contributed by atoms with E-state index in [-0.39, 0.29) is 12.1 Å². The van der Waals surface area contributed by atoms with Gasteiger partial charge in [0.2, 0.25) is 5.91 Å². The zero-order valence-electron chi connectivity index (χ0n) is 14.3. The number of rotatable bonds is 4. The van der Waals surface area contributed by atoms with E-state index in [2.05, 4.69) is 10.4 Å². The Labute approximate surface area is 148 Å². The highest BCUT2D eigenvalue weighted by Gasteiger charge is 2.39. The maximum Gasteiger partial charge on any atom is 0.435 e. The van der Waals surface area contributed by atoms with Crippen LogP contribution in [0.25, 0.3) is 0 Å². The van der Waals surface area contributed by atoms with Crippen LogP contribution in [0.1, 0.15) is 48.4 Å². The van der Waals surface area contributed by atoms with Crippen LogP contribution in [0.2, 0.25) is 0 Å². The molecule has 1 aliphatic rings. The summed E-state index contributed by atoms with van der Waals surface area (Å²) in [5, 5.41) is 15.9. The number of nitrogens with one attached hydrogen (secondary N) is 1. The second-order valence-corrected chi connectivity index (χ2v) is 6.49. The lowest BCUT2D eigenvalue weighted by Gasteiger charge is -2.15. The first-order valence-corrected chi connectivity index (χ1v) is 8.49. The van der Waals surface area contributed by atoms with E-state index in [9.17, 15) is 23.1 Å². The van der Waals surface area contributed by atoms with Crippen LogP contribution in [0.4, 0.5) is 18.9 Å². The van der Waals surface area contributed by atoms with Crippen LogP contribution in [0, 0.1) is 0 Å². The second kappa shape index (κ2) is 7.11. The maximum atomic E-state index is 13.2. The number of benzene rings is 1. The smallest absolute Gasteiger partial charge is 0.389 e. The van der Waals surface area contributed by atoms with Gasteiger partial charge in [0.15, 0.2) is 5.69 Å². The summed E-state index contributed by atoms with van der Waals surface area (Å²) in [6, 6.07) is 6.70. The number of aliphatic hydroxyl groups excluding tert-OH is 1. The van der Waals surface area contributed by atoms with Gasteiger partial charge in [0, 0.05) is 16.9 Å². The van der Waals surface area contributed by atoms with E-state index in [0.29, 0.717) is 36.2 Å². The van der Waals surface area contributed by atoms with E-state index in [1.54, 1.807) is 31.2 Å². The topological polar surface area (TPSA) is 67.2 Å². The molecule has 1 aromatic carbocycles. The van der Waals surface area contributed by atoms with Gasteiger partial charge >= 0.3 is 6.18 Å². The third-order valence-corrected chi connectivity index (χ3v) is 4.47. The van der Waals surface area contributed by atoms with Crippen LogP contribution in [0.5, 0.6) is 0 Å². The first-order valence-electron chi connectivity index (χ1n) is 8.49. The average Bonchev–Trinajstić information content (AvgIpc) is 2.94. The zero-order chi connectivity index (χ0) is 18.9. The van der Waals surface area contributed by atoms with Gasteiger partial charge in [0.1, 0.15) is 6.54 Å². The zero-order valence-corrected chi connectivity index (χ0v) is 14.3. The van der Waals surface area contributed by atoms with Gasteiger partial charge in [-0.15, -0.1) is 0 Å². The van der Waals surface area contributed by atoms with Gasteiger partial charge in [0.05, 0.1) is 6.10 Å².